The van der Waals surface area contributed by atoms with Crippen LogP contribution in [0, 0.1) is 11.6 Å². The van der Waals surface area contributed by atoms with Crippen LogP contribution in [0.1, 0.15) is 5.56 Å². The molecule has 0 heterocycles. The molecule has 0 saturated heterocycles. The van der Waals surface area contributed by atoms with E-state index in [-0.39, 0.29) is 5.69 Å². The van der Waals surface area contributed by atoms with Gasteiger partial charge in [-0.1, -0.05) is 23.7 Å². The van der Waals surface area contributed by atoms with Gasteiger partial charge in [-0.15, -0.1) is 0 Å². The molecule has 2 rings (SSSR count). The van der Waals surface area contributed by atoms with Gasteiger partial charge in [-0.05, 0) is 36.2 Å². The molecule has 0 aliphatic rings. The van der Waals surface area contributed by atoms with Crippen LogP contribution in [-0.4, -0.2) is 12.6 Å². The van der Waals surface area contributed by atoms with Crippen LogP contribution >= 0.6 is 11.6 Å². The second-order valence-electron chi connectivity index (χ2n) is 4.38. The summed E-state index contributed by atoms with van der Waals surface area (Å²) in [6.07, 6.45) is 0.607. The Balaban J connectivity index is 1.82. The normalized spacial score (nSPS) is 10.2. The molecule has 3 nitrogen and oxygen atoms in total. The minimum Gasteiger partial charge on any atom is -0.338 e. The lowest BCUT2D eigenvalue weighted by atomic mass is 10.1. The van der Waals surface area contributed by atoms with Crippen LogP contribution in [0.3, 0.4) is 0 Å². The van der Waals surface area contributed by atoms with E-state index in [9.17, 15) is 13.6 Å². The molecule has 0 spiro atoms. The van der Waals surface area contributed by atoms with E-state index < -0.39 is 17.7 Å². The summed E-state index contributed by atoms with van der Waals surface area (Å²) in [6.45, 7) is 0.365. The predicted octanol–water partition coefficient (Wildman–Crippen LogP) is 3.98. The highest BCUT2D eigenvalue weighted by Gasteiger charge is 2.07. The SMILES string of the molecule is O=C(NCCc1ccc(Cl)cc1)Nc1cc(F)ccc1F. The summed E-state index contributed by atoms with van der Waals surface area (Å²) in [5, 5.41) is 5.47. The molecule has 2 aromatic rings. The molecule has 0 bridgehead atoms. The van der Waals surface area contributed by atoms with Gasteiger partial charge in [-0.3, -0.25) is 0 Å². The van der Waals surface area contributed by atoms with Crippen molar-refractivity contribution in [3.8, 4) is 0 Å². The van der Waals surface area contributed by atoms with E-state index in [4.69, 9.17) is 11.6 Å². The number of nitrogens with one attached hydrogen (secondary N) is 2. The lowest BCUT2D eigenvalue weighted by molar-refractivity contribution is 0.252. The Bertz CT molecular complexity index is 632. The molecule has 21 heavy (non-hydrogen) atoms. The summed E-state index contributed by atoms with van der Waals surface area (Å²) in [6, 6.07) is 9.51. The van der Waals surface area contributed by atoms with Crippen LogP contribution in [0.2, 0.25) is 5.02 Å². The number of hydrogen-bond donors (Lipinski definition) is 2. The van der Waals surface area contributed by atoms with E-state index in [2.05, 4.69) is 10.6 Å². The number of urea groups is 1. The van der Waals surface area contributed by atoms with Gasteiger partial charge in [-0.2, -0.15) is 0 Å². The fourth-order valence-corrected chi connectivity index (χ4v) is 1.86. The molecular weight excluding hydrogens is 298 g/mol. The summed E-state index contributed by atoms with van der Waals surface area (Å²) in [7, 11) is 0. The molecule has 6 heteroatoms. The number of carbonyl (C=O) groups is 1. The van der Waals surface area contributed by atoms with E-state index in [0.717, 1.165) is 23.8 Å². The second-order valence-corrected chi connectivity index (χ2v) is 4.82. The average molecular weight is 311 g/mol. The van der Waals surface area contributed by atoms with Crippen molar-refractivity contribution in [1.29, 1.82) is 0 Å². The molecule has 0 aliphatic heterocycles. The van der Waals surface area contributed by atoms with Crippen LogP contribution in [0.4, 0.5) is 19.3 Å². The van der Waals surface area contributed by atoms with Gasteiger partial charge in [0, 0.05) is 17.6 Å². The van der Waals surface area contributed by atoms with Gasteiger partial charge in [0.2, 0.25) is 0 Å². The fraction of sp³-hybridized carbons (Fsp3) is 0.133. The van der Waals surface area contributed by atoms with Crippen LogP contribution in [-0.2, 0) is 6.42 Å². The first-order valence-corrected chi connectivity index (χ1v) is 6.67. The molecule has 2 aromatic carbocycles. The van der Waals surface area contributed by atoms with Gasteiger partial charge in [0.15, 0.2) is 0 Å². The third-order valence-electron chi connectivity index (χ3n) is 2.79. The minimum atomic E-state index is -0.691. The minimum absolute atomic E-state index is 0.195. The molecule has 0 aromatic heterocycles. The van der Waals surface area contributed by atoms with Crippen LogP contribution in [0.25, 0.3) is 0 Å². The van der Waals surface area contributed by atoms with Crippen molar-refractivity contribution in [2.45, 2.75) is 6.42 Å². The van der Waals surface area contributed by atoms with Gasteiger partial charge in [-0.25, -0.2) is 13.6 Å². The van der Waals surface area contributed by atoms with Gasteiger partial charge in [0.1, 0.15) is 11.6 Å². The molecule has 0 radical (unpaired) electrons. The number of anilines is 1. The zero-order chi connectivity index (χ0) is 15.2. The maximum absolute atomic E-state index is 13.3. The number of halogens is 3. The van der Waals surface area contributed by atoms with Crippen molar-refractivity contribution in [3.05, 3.63) is 64.7 Å². The van der Waals surface area contributed by atoms with Gasteiger partial charge < -0.3 is 10.6 Å². The molecule has 0 aliphatic carbocycles. The molecule has 0 unspecified atom stereocenters. The van der Waals surface area contributed by atoms with Crippen molar-refractivity contribution < 1.29 is 13.6 Å². The third-order valence-corrected chi connectivity index (χ3v) is 3.04. The van der Waals surface area contributed by atoms with Crippen LogP contribution in [0.15, 0.2) is 42.5 Å². The van der Waals surface area contributed by atoms with E-state index in [1.807, 2.05) is 12.1 Å². The Morgan fingerprint density at radius 3 is 2.52 bits per heavy atom. The molecular formula is C15H13ClF2N2O. The standard InChI is InChI=1S/C15H13ClF2N2O/c16-11-3-1-10(2-4-11)7-8-19-15(21)20-14-9-12(17)5-6-13(14)18/h1-6,9H,7-8H2,(H2,19,20,21). The van der Waals surface area contributed by atoms with E-state index in [1.165, 1.54) is 0 Å². The highest BCUT2D eigenvalue weighted by molar-refractivity contribution is 6.30. The lowest BCUT2D eigenvalue weighted by Gasteiger charge is -2.08. The Morgan fingerprint density at radius 2 is 1.81 bits per heavy atom. The summed E-state index contributed by atoms with van der Waals surface area (Å²) in [5.74, 6) is -1.31. The summed E-state index contributed by atoms with van der Waals surface area (Å²) in [5.41, 5.74) is 0.815. The van der Waals surface area contributed by atoms with Crippen molar-refractivity contribution in [3.63, 3.8) is 0 Å². The molecule has 0 atom stereocenters. The Hall–Kier alpha value is -2.14. The third kappa shape index (κ3) is 4.72. The molecule has 0 saturated carbocycles. The van der Waals surface area contributed by atoms with Gasteiger partial charge >= 0.3 is 6.03 Å². The van der Waals surface area contributed by atoms with Crippen molar-refractivity contribution in [2.75, 3.05) is 11.9 Å². The quantitative estimate of drug-likeness (QED) is 0.881. The molecule has 0 fully saturated rings. The van der Waals surface area contributed by atoms with Crippen molar-refractivity contribution in [1.82, 2.24) is 5.32 Å². The first kappa shape index (κ1) is 15.3. The monoisotopic (exact) mass is 310 g/mol. The Labute approximate surface area is 125 Å². The number of benzene rings is 2. The molecule has 2 amide bonds. The number of hydrogen-bond acceptors (Lipinski definition) is 1. The van der Waals surface area contributed by atoms with Gasteiger partial charge in [0.05, 0.1) is 5.69 Å². The Morgan fingerprint density at radius 1 is 1.10 bits per heavy atom. The fourth-order valence-electron chi connectivity index (χ4n) is 1.73. The van der Waals surface area contributed by atoms with Crippen LogP contribution in [0.5, 0.6) is 0 Å². The van der Waals surface area contributed by atoms with Crippen molar-refractivity contribution in [2.24, 2.45) is 0 Å². The zero-order valence-corrected chi connectivity index (χ0v) is 11.8. The zero-order valence-electron chi connectivity index (χ0n) is 11.0. The Kier molecular flexibility index (Phi) is 5.11. The molecule has 110 valence electrons. The van der Waals surface area contributed by atoms with E-state index >= 15 is 0 Å². The number of rotatable bonds is 4. The number of amides is 2. The second kappa shape index (κ2) is 7.04. The van der Waals surface area contributed by atoms with Crippen molar-refractivity contribution >= 4 is 23.3 Å². The summed E-state index contributed by atoms with van der Waals surface area (Å²) in [4.78, 5) is 11.6. The topological polar surface area (TPSA) is 41.1 Å². The number of carbonyl (C=O) groups excluding carboxylic acids is 1. The highest BCUT2D eigenvalue weighted by atomic mass is 35.5. The van der Waals surface area contributed by atoms with Crippen LogP contribution < -0.4 is 10.6 Å². The van der Waals surface area contributed by atoms with Gasteiger partial charge in [0.25, 0.3) is 0 Å². The summed E-state index contributed by atoms with van der Waals surface area (Å²) < 4.78 is 26.3. The largest absolute Gasteiger partial charge is 0.338 e. The lowest BCUT2D eigenvalue weighted by Crippen LogP contribution is -2.30. The maximum Gasteiger partial charge on any atom is 0.319 e. The van der Waals surface area contributed by atoms with E-state index in [1.54, 1.807) is 12.1 Å². The summed E-state index contributed by atoms with van der Waals surface area (Å²) >= 11 is 5.77. The molecule has 2 N–H and O–H groups in total. The first-order chi connectivity index (χ1) is 10.0. The highest BCUT2D eigenvalue weighted by Crippen LogP contribution is 2.15. The average Bonchev–Trinajstić information content (AvgIpc) is 2.45. The first-order valence-electron chi connectivity index (χ1n) is 6.29. The maximum atomic E-state index is 13.3. The van der Waals surface area contributed by atoms with E-state index in [0.29, 0.717) is 18.0 Å². The predicted molar refractivity (Wildman–Crippen MR) is 78.5 cm³/mol. The smallest absolute Gasteiger partial charge is 0.319 e.